The van der Waals surface area contributed by atoms with Crippen LogP contribution in [-0.2, 0) is 12.0 Å². The van der Waals surface area contributed by atoms with E-state index in [-0.39, 0.29) is 5.41 Å². The minimum atomic E-state index is -0.0893. The van der Waals surface area contributed by atoms with Crippen LogP contribution in [0.5, 0.6) is 11.5 Å². The van der Waals surface area contributed by atoms with Crippen LogP contribution < -0.4 is 9.47 Å². The summed E-state index contributed by atoms with van der Waals surface area (Å²) in [4.78, 5) is 7.01. The van der Waals surface area contributed by atoms with Crippen molar-refractivity contribution in [2.75, 3.05) is 27.3 Å². The molecule has 25 heavy (non-hydrogen) atoms. The quantitative estimate of drug-likeness (QED) is 0.828. The fourth-order valence-electron chi connectivity index (χ4n) is 3.20. The number of hydrogen-bond donors (Lipinski definition) is 0. The molecule has 0 aliphatic carbocycles. The molecule has 6 nitrogen and oxygen atoms in total. The van der Waals surface area contributed by atoms with E-state index in [1.54, 1.807) is 14.2 Å². The topological polar surface area (TPSA) is 60.6 Å². The summed E-state index contributed by atoms with van der Waals surface area (Å²) in [6.45, 7) is 9.01. The molecule has 1 atom stereocenters. The van der Waals surface area contributed by atoms with Crippen LogP contribution in [-0.4, -0.2) is 42.3 Å². The highest BCUT2D eigenvalue weighted by Gasteiger charge is 2.30. The molecule has 6 heteroatoms. The first-order chi connectivity index (χ1) is 11.9. The van der Waals surface area contributed by atoms with Gasteiger partial charge in [-0.25, -0.2) is 0 Å². The zero-order valence-electron chi connectivity index (χ0n) is 15.7. The van der Waals surface area contributed by atoms with Crippen LogP contribution in [0.3, 0.4) is 0 Å². The smallest absolute Gasteiger partial charge is 0.231 e. The fourth-order valence-corrected chi connectivity index (χ4v) is 3.20. The van der Waals surface area contributed by atoms with Crippen LogP contribution in [0.25, 0.3) is 0 Å². The van der Waals surface area contributed by atoms with Gasteiger partial charge in [-0.05, 0) is 19.0 Å². The zero-order chi connectivity index (χ0) is 18.0. The molecular formula is C19H27N3O3. The Bertz CT molecular complexity index is 721. The molecular weight excluding hydrogens is 318 g/mol. The molecule has 0 spiro atoms. The molecule has 2 aromatic rings. The van der Waals surface area contributed by atoms with Crippen LogP contribution in [0.1, 0.15) is 50.4 Å². The molecule has 1 fully saturated rings. The predicted octanol–water partition coefficient (Wildman–Crippen LogP) is 3.37. The third kappa shape index (κ3) is 3.79. The van der Waals surface area contributed by atoms with Gasteiger partial charge in [0, 0.05) is 24.1 Å². The molecule has 1 aromatic heterocycles. The Morgan fingerprint density at radius 2 is 2.04 bits per heavy atom. The van der Waals surface area contributed by atoms with Crippen molar-refractivity contribution in [3.8, 4) is 11.5 Å². The second-order valence-electron chi connectivity index (χ2n) is 7.58. The highest BCUT2D eigenvalue weighted by Crippen LogP contribution is 2.34. The number of benzene rings is 1. The van der Waals surface area contributed by atoms with Gasteiger partial charge in [0.25, 0.3) is 0 Å². The lowest BCUT2D eigenvalue weighted by Gasteiger charge is -2.18. The Hall–Kier alpha value is -2.08. The Labute approximate surface area is 149 Å². The van der Waals surface area contributed by atoms with Crippen LogP contribution >= 0.6 is 0 Å². The third-order valence-electron chi connectivity index (χ3n) is 4.61. The Morgan fingerprint density at radius 1 is 1.24 bits per heavy atom. The summed E-state index contributed by atoms with van der Waals surface area (Å²) < 4.78 is 16.4. The van der Waals surface area contributed by atoms with Gasteiger partial charge in [-0.3, -0.25) is 4.90 Å². The molecule has 0 amide bonds. The van der Waals surface area contributed by atoms with E-state index < -0.39 is 0 Å². The van der Waals surface area contributed by atoms with Crippen molar-refractivity contribution in [2.45, 2.75) is 45.1 Å². The first-order valence-electron chi connectivity index (χ1n) is 8.68. The number of nitrogens with zero attached hydrogens (tertiary/aromatic N) is 3. The van der Waals surface area contributed by atoms with Gasteiger partial charge in [0.1, 0.15) is 0 Å². The van der Waals surface area contributed by atoms with Crippen LogP contribution in [0.15, 0.2) is 22.7 Å². The number of methoxy groups -OCH3 is 2. The minimum Gasteiger partial charge on any atom is -0.493 e. The van der Waals surface area contributed by atoms with E-state index in [2.05, 4.69) is 41.9 Å². The number of ether oxygens (including phenoxy) is 2. The maximum Gasteiger partial charge on any atom is 0.231 e. The highest BCUT2D eigenvalue weighted by atomic mass is 16.5. The molecule has 1 aliphatic heterocycles. The number of aromatic nitrogens is 2. The van der Waals surface area contributed by atoms with Gasteiger partial charge >= 0.3 is 0 Å². The summed E-state index contributed by atoms with van der Waals surface area (Å²) in [6, 6.07) is 6.00. The molecule has 0 bridgehead atoms. The van der Waals surface area contributed by atoms with Crippen LogP contribution in [0.2, 0.25) is 0 Å². The Morgan fingerprint density at radius 3 is 2.68 bits per heavy atom. The average Bonchev–Trinajstić information content (AvgIpc) is 3.23. The van der Waals surface area contributed by atoms with Gasteiger partial charge < -0.3 is 14.0 Å². The molecule has 1 aliphatic rings. The van der Waals surface area contributed by atoms with E-state index >= 15 is 0 Å². The standard InChI is InChI=1S/C19H27N3O3/c1-19(2,3)18-20-17(25-21-18)14-9-10-22(12-14)11-13-7-6-8-15(23-4)16(13)24-5/h6-8,14H,9-12H2,1-5H3/t14-/m1/s1. The van der Waals surface area contributed by atoms with Crippen molar-refractivity contribution in [3.05, 3.63) is 35.5 Å². The maximum atomic E-state index is 5.54. The van der Waals surface area contributed by atoms with Gasteiger partial charge in [-0.2, -0.15) is 4.98 Å². The van der Waals surface area contributed by atoms with Gasteiger partial charge in [0.2, 0.25) is 5.89 Å². The molecule has 0 radical (unpaired) electrons. The maximum absolute atomic E-state index is 5.54. The second-order valence-corrected chi connectivity index (χ2v) is 7.58. The Balaban J connectivity index is 1.69. The molecule has 0 unspecified atom stereocenters. The SMILES string of the molecule is COc1cccc(CN2CC[C@@H](c3nc(C(C)(C)C)no3)C2)c1OC. The molecule has 1 aromatic carbocycles. The minimum absolute atomic E-state index is 0.0893. The fraction of sp³-hybridized carbons (Fsp3) is 0.579. The monoisotopic (exact) mass is 345 g/mol. The largest absolute Gasteiger partial charge is 0.493 e. The molecule has 136 valence electrons. The van der Waals surface area contributed by atoms with Crippen molar-refractivity contribution in [2.24, 2.45) is 0 Å². The van der Waals surface area contributed by atoms with E-state index in [9.17, 15) is 0 Å². The average molecular weight is 345 g/mol. The van der Waals surface area contributed by atoms with Gasteiger partial charge in [-0.1, -0.05) is 38.1 Å². The molecule has 0 saturated carbocycles. The summed E-state index contributed by atoms with van der Waals surface area (Å²) in [6.07, 6.45) is 1.03. The van der Waals surface area contributed by atoms with Crippen molar-refractivity contribution < 1.29 is 14.0 Å². The summed E-state index contributed by atoms with van der Waals surface area (Å²) in [5, 5.41) is 4.15. The first-order valence-corrected chi connectivity index (χ1v) is 8.68. The van der Waals surface area contributed by atoms with E-state index in [0.717, 1.165) is 54.8 Å². The zero-order valence-corrected chi connectivity index (χ0v) is 15.7. The van der Waals surface area contributed by atoms with E-state index in [1.807, 2.05) is 12.1 Å². The highest BCUT2D eigenvalue weighted by molar-refractivity contribution is 5.46. The lowest BCUT2D eigenvalue weighted by Crippen LogP contribution is -2.20. The number of rotatable bonds is 5. The summed E-state index contributed by atoms with van der Waals surface area (Å²) in [7, 11) is 3.34. The van der Waals surface area contributed by atoms with Crippen LogP contribution in [0, 0.1) is 0 Å². The van der Waals surface area contributed by atoms with Crippen molar-refractivity contribution in [1.82, 2.24) is 15.0 Å². The number of para-hydroxylation sites is 1. The first kappa shape index (κ1) is 17.7. The van der Waals surface area contributed by atoms with E-state index in [0.29, 0.717) is 5.92 Å². The summed E-state index contributed by atoms with van der Waals surface area (Å²) in [5.74, 6) is 3.39. The van der Waals surface area contributed by atoms with Crippen molar-refractivity contribution in [3.63, 3.8) is 0 Å². The molecule has 1 saturated heterocycles. The third-order valence-corrected chi connectivity index (χ3v) is 4.61. The van der Waals surface area contributed by atoms with Crippen molar-refractivity contribution in [1.29, 1.82) is 0 Å². The summed E-state index contributed by atoms with van der Waals surface area (Å²) >= 11 is 0. The summed E-state index contributed by atoms with van der Waals surface area (Å²) in [5.41, 5.74) is 1.04. The Kier molecular flexibility index (Phi) is 4.99. The lowest BCUT2D eigenvalue weighted by molar-refractivity contribution is 0.297. The second kappa shape index (κ2) is 7.04. The molecule has 2 heterocycles. The lowest BCUT2D eigenvalue weighted by atomic mass is 9.96. The number of likely N-dealkylation sites (tertiary alicyclic amines) is 1. The van der Waals surface area contributed by atoms with E-state index in [4.69, 9.17) is 14.0 Å². The van der Waals surface area contributed by atoms with Gasteiger partial charge in [-0.15, -0.1) is 0 Å². The van der Waals surface area contributed by atoms with Crippen molar-refractivity contribution >= 4 is 0 Å². The van der Waals surface area contributed by atoms with E-state index in [1.165, 1.54) is 0 Å². The number of hydrogen-bond acceptors (Lipinski definition) is 6. The van der Waals surface area contributed by atoms with Gasteiger partial charge in [0.05, 0.1) is 20.1 Å². The molecule has 3 rings (SSSR count). The van der Waals surface area contributed by atoms with Gasteiger partial charge in [0.15, 0.2) is 17.3 Å². The molecule has 0 N–H and O–H groups in total. The van der Waals surface area contributed by atoms with Crippen LogP contribution in [0.4, 0.5) is 0 Å². The normalized spacial score (nSPS) is 18.5. The predicted molar refractivity (Wildman–Crippen MR) is 95.2 cm³/mol.